The molecule has 0 saturated heterocycles. The molecule has 1 saturated carbocycles. The van der Waals surface area contributed by atoms with E-state index in [0.717, 1.165) is 6.42 Å². The van der Waals surface area contributed by atoms with Gasteiger partial charge in [-0.3, -0.25) is 4.79 Å². The highest BCUT2D eigenvalue weighted by Gasteiger charge is 2.21. The second-order valence-electron chi connectivity index (χ2n) is 5.71. The van der Waals surface area contributed by atoms with Crippen LogP contribution in [0.5, 0.6) is 0 Å². The molecule has 0 spiro atoms. The van der Waals surface area contributed by atoms with Crippen molar-refractivity contribution in [2.45, 2.75) is 45.1 Å². The van der Waals surface area contributed by atoms with Crippen LogP contribution in [0.3, 0.4) is 0 Å². The first kappa shape index (κ1) is 16.1. The van der Waals surface area contributed by atoms with Gasteiger partial charge in [-0.25, -0.2) is 0 Å². The van der Waals surface area contributed by atoms with E-state index in [4.69, 9.17) is 22.1 Å². The van der Waals surface area contributed by atoms with Gasteiger partial charge in [-0.2, -0.15) is 0 Å². The summed E-state index contributed by atoms with van der Waals surface area (Å²) in [6.45, 7) is 2.67. The second kappa shape index (κ2) is 7.66. The lowest BCUT2D eigenvalue weighted by Gasteiger charge is -2.28. The van der Waals surface area contributed by atoms with Gasteiger partial charge in [0.05, 0.1) is 29.8 Å². The summed E-state index contributed by atoms with van der Waals surface area (Å²) in [6.07, 6.45) is 5.47. The molecule has 21 heavy (non-hydrogen) atoms. The quantitative estimate of drug-likeness (QED) is 0.812. The molecule has 2 atom stereocenters. The van der Waals surface area contributed by atoms with Gasteiger partial charge in [0.2, 0.25) is 5.91 Å². The molecule has 2 unspecified atom stereocenters. The number of rotatable bonds is 5. The zero-order chi connectivity index (χ0) is 15.2. The zero-order valence-corrected chi connectivity index (χ0v) is 13.2. The first-order chi connectivity index (χ1) is 10.1. The monoisotopic (exact) mass is 310 g/mol. The molecule has 1 aromatic rings. The molecule has 1 aromatic carbocycles. The molecule has 0 heterocycles. The molecular formula is C16H23ClN2O2. The number of anilines is 2. The van der Waals surface area contributed by atoms with Crippen LogP contribution in [0.4, 0.5) is 11.4 Å². The molecule has 4 nitrogen and oxygen atoms in total. The van der Waals surface area contributed by atoms with Gasteiger partial charge in [-0.15, -0.1) is 0 Å². The van der Waals surface area contributed by atoms with Gasteiger partial charge in [0.15, 0.2) is 0 Å². The fourth-order valence-electron chi connectivity index (χ4n) is 2.68. The Morgan fingerprint density at radius 1 is 1.43 bits per heavy atom. The van der Waals surface area contributed by atoms with E-state index in [1.165, 1.54) is 19.3 Å². The standard InChI is InChI=1S/C16H23ClN2O2/c1-11-4-2-3-5-15(11)21-9-8-16(20)19-14-7-6-12(18)10-13(14)17/h6-7,10-11,15H,2-5,8-9,18H2,1H3,(H,19,20). The Morgan fingerprint density at radius 3 is 2.90 bits per heavy atom. The molecule has 116 valence electrons. The summed E-state index contributed by atoms with van der Waals surface area (Å²) in [5, 5.41) is 3.23. The molecule has 1 aliphatic carbocycles. The Morgan fingerprint density at radius 2 is 2.19 bits per heavy atom. The molecule has 3 N–H and O–H groups in total. The van der Waals surface area contributed by atoms with Crippen molar-refractivity contribution in [1.82, 2.24) is 0 Å². The summed E-state index contributed by atoms with van der Waals surface area (Å²) in [6, 6.07) is 5.04. The summed E-state index contributed by atoms with van der Waals surface area (Å²) in [4.78, 5) is 11.9. The number of amides is 1. The molecule has 1 amide bonds. The number of hydrogen-bond acceptors (Lipinski definition) is 3. The molecule has 5 heteroatoms. The molecule has 2 rings (SSSR count). The van der Waals surface area contributed by atoms with Gasteiger partial charge in [-0.05, 0) is 37.0 Å². The minimum atomic E-state index is -0.0925. The maximum Gasteiger partial charge on any atom is 0.226 e. The number of halogens is 1. The molecule has 1 fully saturated rings. The maximum absolute atomic E-state index is 11.9. The minimum Gasteiger partial charge on any atom is -0.399 e. The van der Waals surface area contributed by atoms with Crippen LogP contribution in [0.1, 0.15) is 39.0 Å². The molecule has 0 bridgehead atoms. The van der Waals surface area contributed by atoms with E-state index in [1.807, 2.05) is 0 Å². The van der Waals surface area contributed by atoms with Crippen molar-refractivity contribution in [2.75, 3.05) is 17.7 Å². The van der Waals surface area contributed by atoms with Crippen LogP contribution in [0, 0.1) is 5.92 Å². The van der Waals surface area contributed by atoms with Crippen molar-refractivity contribution in [3.05, 3.63) is 23.2 Å². The highest BCUT2D eigenvalue weighted by molar-refractivity contribution is 6.34. The number of hydrogen-bond donors (Lipinski definition) is 2. The first-order valence-corrected chi connectivity index (χ1v) is 7.90. The minimum absolute atomic E-state index is 0.0925. The Hall–Kier alpha value is -1.26. The van der Waals surface area contributed by atoms with E-state index < -0.39 is 0 Å². The third kappa shape index (κ3) is 4.90. The Labute approximate surface area is 131 Å². The predicted octanol–water partition coefficient (Wildman–Crippen LogP) is 3.85. The number of nitrogens with one attached hydrogen (secondary N) is 1. The number of ether oxygens (including phenoxy) is 1. The van der Waals surface area contributed by atoms with Crippen LogP contribution in [-0.2, 0) is 9.53 Å². The fourth-order valence-corrected chi connectivity index (χ4v) is 2.91. The van der Waals surface area contributed by atoms with Gasteiger partial charge in [-0.1, -0.05) is 31.4 Å². The van der Waals surface area contributed by atoms with E-state index in [9.17, 15) is 4.79 Å². The topological polar surface area (TPSA) is 64.3 Å². The van der Waals surface area contributed by atoms with E-state index >= 15 is 0 Å². The Balaban J connectivity index is 1.74. The number of carbonyl (C=O) groups is 1. The van der Waals surface area contributed by atoms with E-state index in [1.54, 1.807) is 18.2 Å². The van der Waals surface area contributed by atoms with Crippen molar-refractivity contribution >= 4 is 28.9 Å². The molecule has 1 aliphatic rings. The fraction of sp³-hybridized carbons (Fsp3) is 0.562. The van der Waals surface area contributed by atoms with Gasteiger partial charge in [0.25, 0.3) is 0 Å². The third-order valence-corrected chi connectivity index (χ3v) is 4.27. The lowest BCUT2D eigenvalue weighted by atomic mass is 9.88. The Kier molecular flexibility index (Phi) is 5.88. The maximum atomic E-state index is 11.9. The van der Waals surface area contributed by atoms with Crippen LogP contribution >= 0.6 is 11.6 Å². The normalized spacial score (nSPS) is 22.0. The Bertz CT molecular complexity index is 493. The highest BCUT2D eigenvalue weighted by Crippen LogP contribution is 2.26. The van der Waals surface area contributed by atoms with Gasteiger partial charge < -0.3 is 15.8 Å². The number of nitrogen functional groups attached to an aromatic ring is 1. The van der Waals surface area contributed by atoms with Gasteiger partial charge in [0, 0.05) is 5.69 Å². The van der Waals surface area contributed by atoms with E-state index in [0.29, 0.717) is 41.4 Å². The molecule has 0 aliphatic heterocycles. The van der Waals surface area contributed by atoms with Crippen molar-refractivity contribution in [3.8, 4) is 0 Å². The van der Waals surface area contributed by atoms with Crippen LogP contribution in [-0.4, -0.2) is 18.6 Å². The van der Waals surface area contributed by atoms with Crippen LogP contribution in [0.15, 0.2) is 18.2 Å². The molecular weight excluding hydrogens is 288 g/mol. The number of benzene rings is 1. The van der Waals surface area contributed by atoms with Crippen molar-refractivity contribution in [1.29, 1.82) is 0 Å². The van der Waals surface area contributed by atoms with Crippen LogP contribution < -0.4 is 11.1 Å². The molecule has 0 aromatic heterocycles. The summed E-state index contributed by atoms with van der Waals surface area (Å²) < 4.78 is 5.84. The lowest BCUT2D eigenvalue weighted by Crippen LogP contribution is -2.27. The second-order valence-corrected chi connectivity index (χ2v) is 6.12. The summed E-state index contributed by atoms with van der Waals surface area (Å²) in [5.74, 6) is 0.499. The van der Waals surface area contributed by atoms with Gasteiger partial charge >= 0.3 is 0 Å². The summed E-state index contributed by atoms with van der Waals surface area (Å²) in [5.41, 5.74) is 6.78. The van der Waals surface area contributed by atoms with Crippen LogP contribution in [0.25, 0.3) is 0 Å². The number of nitrogens with two attached hydrogens (primary N) is 1. The largest absolute Gasteiger partial charge is 0.399 e. The first-order valence-electron chi connectivity index (χ1n) is 7.52. The van der Waals surface area contributed by atoms with E-state index in [2.05, 4.69) is 12.2 Å². The average Bonchev–Trinajstić information content (AvgIpc) is 2.44. The van der Waals surface area contributed by atoms with Crippen molar-refractivity contribution in [2.24, 2.45) is 5.92 Å². The summed E-state index contributed by atoms with van der Waals surface area (Å²) >= 11 is 6.02. The van der Waals surface area contributed by atoms with Crippen molar-refractivity contribution < 1.29 is 9.53 Å². The average molecular weight is 311 g/mol. The third-order valence-electron chi connectivity index (χ3n) is 3.96. The number of carbonyl (C=O) groups excluding carboxylic acids is 1. The predicted molar refractivity (Wildman–Crippen MR) is 86.5 cm³/mol. The summed E-state index contributed by atoms with van der Waals surface area (Å²) in [7, 11) is 0. The lowest BCUT2D eigenvalue weighted by molar-refractivity contribution is -0.118. The molecule has 0 radical (unpaired) electrons. The zero-order valence-electron chi connectivity index (χ0n) is 12.4. The van der Waals surface area contributed by atoms with Crippen molar-refractivity contribution in [3.63, 3.8) is 0 Å². The SMILES string of the molecule is CC1CCCCC1OCCC(=O)Nc1ccc(N)cc1Cl. The smallest absolute Gasteiger partial charge is 0.226 e. The van der Waals surface area contributed by atoms with Gasteiger partial charge in [0.1, 0.15) is 0 Å². The van der Waals surface area contributed by atoms with Crippen LogP contribution in [0.2, 0.25) is 5.02 Å². The van der Waals surface area contributed by atoms with E-state index in [-0.39, 0.29) is 5.91 Å². The highest BCUT2D eigenvalue weighted by atomic mass is 35.5.